The van der Waals surface area contributed by atoms with Crippen LogP contribution in [0.3, 0.4) is 0 Å². The first-order valence-corrected chi connectivity index (χ1v) is 15.4. The van der Waals surface area contributed by atoms with E-state index in [9.17, 15) is 24.1 Å². The molecule has 2 aromatic carbocycles. The third-order valence-corrected chi connectivity index (χ3v) is 8.93. The Hall–Kier alpha value is -2.51. The zero-order valence-corrected chi connectivity index (χ0v) is 25.8. The summed E-state index contributed by atoms with van der Waals surface area (Å²) < 4.78 is 37.9. The van der Waals surface area contributed by atoms with E-state index in [1.54, 1.807) is 38.1 Å². The van der Waals surface area contributed by atoms with Crippen LogP contribution in [0.2, 0.25) is 0 Å². The summed E-state index contributed by atoms with van der Waals surface area (Å²) >= 11 is 9.68. The lowest BCUT2D eigenvalue weighted by Crippen LogP contribution is -2.43. The van der Waals surface area contributed by atoms with Gasteiger partial charge in [-0.2, -0.15) is 5.09 Å². The molecule has 6 atom stereocenters. The molecule has 12 nitrogen and oxygen atoms in total. The minimum atomic E-state index is -4.34. The maximum Gasteiger partial charge on any atom is 0.459 e. The van der Waals surface area contributed by atoms with Gasteiger partial charge in [0.1, 0.15) is 28.9 Å². The Balaban J connectivity index is 1.61. The highest BCUT2D eigenvalue weighted by molar-refractivity contribution is 9.10. The van der Waals surface area contributed by atoms with Gasteiger partial charge >= 0.3 is 19.4 Å². The largest absolute Gasteiger partial charge is 0.462 e. The van der Waals surface area contributed by atoms with Crippen molar-refractivity contribution in [3.63, 3.8) is 0 Å². The predicted octanol–water partition coefficient (Wildman–Crippen LogP) is 3.84. The van der Waals surface area contributed by atoms with Gasteiger partial charge in [-0.15, -0.1) is 11.6 Å². The second kappa shape index (κ2) is 12.4. The molecular weight excluding hydrogens is 645 g/mol. The summed E-state index contributed by atoms with van der Waals surface area (Å²) in [6.07, 6.45) is -3.06. The molecule has 0 aliphatic carbocycles. The van der Waals surface area contributed by atoms with E-state index in [0.29, 0.717) is 5.39 Å². The van der Waals surface area contributed by atoms with Crippen LogP contribution in [-0.2, 0) is 23.4 Å². The number of carbonyl (C=O) groups excluding carboxylic acids is 1. The van der Waals surface area contributed by atoms with Crippen molar-refractivity contribution in [2.45, 2.75) is 63.2 Å². The van der Waals surface area contributed by atoms with E-state index < -0.39 is 67.0 Å². The van der Waals surface area contributed by atoms with Crippen molar-refractivity contribution in [1.82, 2.24) is 14.6 Å². The Labute approximate surface area is 248 Å². The van der Waals surface area contributed by atoms with Gasteiger partial charge in [0.25, 0.3) is 5.56 Å². The Bertz CT molecular complexity index is 1590. The number of rotatable bonds is 10. The molecule has 41 heavy (non-hydrogen) atoms. The summed E-state index contributed by atoms with van der Waals surface area (Å²) in [6.45, 7) is 5.74. The number of hydrogen-bond acceptors (Lipinski definition) is 9. The lowest BCUT2D eigenvalue weighted by molar-refractivity contribution is -0.149. The number of esters is 1. The molecular formula is C26H30BrClN3O9P. The number of aliphatic hydroxyl groups is 1. The van der Waals surface area contributed by atoms with E-state index >= 15 is 0 Å². The van der Waals surface area contributed by atoms with E-state index in [1.807, 2.05) is 18.2 Å². The summed E-state index contributed by atoms with van der Waals surface area (Å²) in [5.74, 6) is -0.458. The Kier molecular flexibility index (Phi) is 9.49. The van der Waals surface area contributed by atoms with Crippen LogP contribution in [0.4, 0.5) is 0 Å². The number of ether oxygens (including phenoxy) is 2. The standard InChI is InChI=1S/C26H30BrClN3O9P/c1-14(2)38-23(34)15(3)30-41(36,40-19-11-7-9-16-8-5-6-10-17(16)19)37-13-20-21(32)26(4,28)24(39-20)31-12-18(27)22(33)29-25(31)35/h5-12,14-15,20-21,24,32H,13H2,1-4H3,(H,30,36)(H,29,33,35)/t15-,20-,21-,24?,26-,41-/m1/s1. The van der Waals surface area contributed by atoms with Gasteiger partial charge in [0.2, 0.25) is 0 Å². The van der Waals surface area contributed by atoms with Crippen LogP contribution >= 0.6 is 35.3 Å². The van der Waals surface area contributed by atoms with Gasteiger partial charge in [-0.3, -0.25) is 23.7 Å². The Morgan fingerprint density at radius 2 is 1.93 bits per heavy atom. The van der Waals surface area contributed by atoms with Crippen LogP contribution in [0.5, 0.6) is 5.75 Å². The molecule has 0 radical (unpaired) electrons. The number of carbonyl (C=O) groups is 1. The fraction of sp³-hybridized carbons (Fsp3) is 0.423. The van der Waals surface area contributed by atoms with Gasteiger partial charge in [0, 0.05) is 11.6 Å². The van der Waals surface area contributed by atoms with Gasteiger partial charge in [-0.25, -0.2) is 9.36 Å². The fourth-order valence-electron chi connectivity index (χ4n) is 4.28. The zero-order chi connectivity index (χ0) is 30.1. The maximum absolute atomic E-state index is 14.1. The van der Waals surface area contributed by atoms with Crippen molar-refractivity contribution in [3.8, 4) is 5.75 Å². The van der Waals surface area contributed by atoms with E-state index in [1.165, 1.54) is 20.0 Å². The van der Waals surface area contributed by atoms with E-state index in [-0.39, 0.29) is 10.2 Å². The van der Waals surface area contributed by atoms with Crippen LogP contribution in [0.15, 0.2) is 62.7 Å². The third-order valence-electron chi connectivity index (χ3n) is 6.33. The van der Waals surface area contributed by atoms with Gasteiger partial charge in [0.15, 0.2) is 6.23 Å². The van der Waals surface area contributed by atoms with Crippen LogP contribution in [0.25, 0.3) is 10.8 Å². The number of nitrogens with zero attached hydrogens (tertiary/aromatic N) is 1. The van der Waals surface area contributed by atoms with E-state index in [0.717, 1.165) is 9.95 Å². The first kappa shape index (κ1) is 31.4. The molecule has 0 bridgehead atoms. The topological polar surface area (TPSA) is 158 Å². The molecule has 1 aliphatic rings. The number of hydrogen-bond donors (Lipinski definition) is 3. The SMILES string of the molecule is CC(C)OC(=O)[C@@H](C)N[P@@](=O)(OC[C@H]1OC(n2cc(Br)c(=O)[nH]c2=O)[C@](C)(Cl)[C@@H]1O)Oc1cccc2ccccc12. The number of aliphatic hydroxyl groups excluding tert-OH is 1. The second-order valence-electron chi connectivity index (χ2n) is 9.96. The van der Waals surface area contributed by atoms with E-state index in [4.69, 9.17) is 30.1 Å². The number of aromatic amines is 1. The number of aromatic nitrogens is 2. The second-order valence-corrected chi connectivity index (χ2v) is 13.3. The lowest BCUT2D eigenvalue weighted by atomic mass is 10.0. The quantitative estimate of drug-likeness (QED) is 0.164. The highest BCUT2D eigenvalue weighted by Crippen LogP contribution is 2.49. The fourth-order valence-corrected chi connectivity index (χ4v) is 6.41. The number of nitrogens with one attached hydrogen (secondary N) is 2. The van der Waals surface area contributed by atoms with Crippen LogP contribution < -0.4 is 20.9 Å². The monoisotopic (exact) mass is 673 g/mol. The van der Waals surface area contributed by atoms with Crippen molar-refractivity contribution in [2.24, 2.45) is 0 Å². The van der Waals surface area contributed by atoms with Crippen LogP contribution in [0, 0.1) is 0 Å². The number of H-pyrrole nitrogens is 1. The van der Waals surface area contributed by atoms with E-state index in [2.05, 4.69) is 26.0 Å². The smallest absolute Gasteiger partial charge is 0.459 e. The van der Waals surface area contributed by atoms with Crippen LogP contribution in [-0.4, -0.2) is 56.5 Å². The van der Waals surface area contributed by atoms with Gasteiger partial charge in [-0.1, -0.05) is 36.4 Å². The first-order valence-electron chi connectivity index (χ1n) is 12.7. The number of halogens is 2. The van der Waals surface area contributed by atoms with Crippen molar-refractivity contribution in [3.05, 3.63) is 74.0 Å². The number of alkyl halides is 1. The van der Waals surface area contributed by atoms with Crippen molar-refractivity contribution < 1.29 is 33.0 Å². The molecule has 3 N–H and O–H groups in total. The molecule has 222 valence electrons. The average Bonchev–Trinajstić information content (AvgIpc) is 3.13. The zero-order valence-electron chi connectivity index (χ0n) is 22.6. The molecule has 1 saturated heterocycles. The molecule has 1 aliphatic heterocycles. The highest BCUT2D eigenvalue weighted by Gasteiger charge is 2.54. The minimum Gasteiger partial charge on any atom is -0.462 e. The number of fused-ring (bicyclic) bond motifs is 1. The third kappa shape index (κ3) is 6.94. The van der Waals surface area contributed by atoms with Crippen molar-refractivity contribution in [2.75, 3.05) is 6.61 Å². The molecule has 4 rings (SSSR count). The summed E-state index contributed by atoms with van der Waals surface area (Å²) in [5, 5.41) is 15.1. The van der Waals surface area contributed by atoms with Gasteiger partial charge < -0.3 is 19.1 Å². The molecule has 1 fully saturated rings. The summed E-state index contributed by atoms with van der Waals surface area (Å²) in [7, 11) is -4.34. The molecule has 2 heterocycles. The van der Waals surface area contributed by atoms with Crippen LogP contribution in [0.1, 0.15) is 33.9 Å². The molecule has 0 saturated carbocycles. The van der Waals surface area contributed by atoms with Gasteiger partial charge in [0.05, 0.1) is 17.2 Å². The number of benzene rings is 2. The molecule has 0 amide bonds. The summed E-state index contributed by atoms with van der Waals surface area (Å²) in [5.41, 5.74) is -1.46. The lowest BCUT2D eigenvalue weighted by Gasteiger charge is -2.27. The van der Waals surface area contributed by atoms with Gasteiger partial charge in [-0.05, 0) is 55.1 Å². The molecule has 1 aromatic heterocycles. The first-order chi connectivity index (χ1) is 19.2. The summed E-state index contributed by atoms with van der Waals surface area (Å²) in [6, 6.07) is 11.3. The van der Waals surface area contributed by atoms with Crippen molar-refractivity contribution >= 4 is 52.0 Å². The predicted molar refractivity (Wildman–Crippen MR) is 155 cm³/mol. The Morgan fingerprint density at radius 1 is 1.24 bits per heavy atom. The van der Waals surface area contributed by atoms with Crippen molar-refractivity contribution in [1.29, 1.82) is 0 Å². The molecule has 0 spiro atoms. The molecule has 3 aromatic rings. The minimum absolute atomic E-state index is 0.0433. The Morgan fingerprint density at radius 3 is 2.63 bits per heavy atom. The molecule has 1 unspecified atom stereocenters. The molecule has 15 heteroatoms. The maximum atomic E-state index is 14.1. The summed E-state index contributed by atoms with van der Waals surface area (Å²) in [4.78, 5) is 37.4. The highest BCUT2D eigenvalue weighted by atomic mass is 79.9. The normalized spacial score (nSPS) is 24.7. The average molecular weight is 675 g/mol.